The Labute approximate surface area is 133 Å². The third-order valence-corrected chi connectivity index (χ3v) is 3.79. The van der Waals surface area contributed by atoms with E-state index in [0.717, 1.165) is 15.9 Å². The zero-order chi connectivity index (χ0) is 15.4. The summed E-state index contributed by atoms with van der Waals surface area (Å²) in [6.07, 6.45) is 1.51. The van der Waals surface area contributed by atoms with Gasteiger partial charge in [-0.05, 0) is 30.5 Å². The summed E-state index contributed by atoms with van der Waals surface area (Å²) in [5.41, 5.74) is 4.81. The molecule has 1 aromatic carbocycles. The molecule has 0 saturated carbocycles. The van der Waals surface area contributed by atoms with E-state index >= 15 is 0 Å². The highest BCUT2D eigenvalue weighted by molar-refractivity contribution is 9.10. The molecule has 112 valence electrons. The molecule has 1 unspecified atom stereocenters. The Hall–Kier alpha value is -1.66. The van der Waals surface area contributed by atoms with Gasteiger partial charge in [-0.25, -0.2) is 15.8 Å². The van der Waals surface area contributed by atoms with Crippen molar-refractivity contribution in [3.05, 3.63) is 46.2 Å². The highest BCUT2D eigenvalue weighted by Gasteiger charge is 2.16. The van der Waals surface area contributed by atoms with E-state index < -0.39 is 0 Å². The second kappa shape index (κ2) is 6.87. The molecule has 2 rings (SSSR count). The maximum absolute atomic E-state index is 5.54. The van der Waals surface area contributed by atoms with Gasteiger partial charge in [0.15, 0.2) is 0 Å². The summed E-state index contributed by atoms with van der Waals surface area (Å²) in [5, 5.41) is 3.44. The minimum Gasteiger partial charge on any atom is -0.363 e. The van der Waals surface area contributed by atoms with E-state index in [-0.39, 0.29) is 12.0 Å². The van der Waals surface area contributed by atoms with E-state index in [4.69, 9.17) is 5.84 Å². The van der Waals surface area contributed by atoms with Crippen molar-refractivity contribution in [2.45, 2.75) is 32.7 Å². The van der Waals surface area contributed by atoms with Gasteiger partial charge in [0, 0.05) is 16.1 Å². The van der Waals surface area contributed by atoms with Gasteiger partial charge in [-0.2, -0.15) is 0 Å². The lowest BCUT2D eigenvalue weighted by Crippen LogP contribution is -2.16. The van der Waals surface area contributed by atoms with E-state index in [0.29, 0.717) is 5.82 Å². The van der Waals surface area contributed by atoms with Gasteiger partial charge in [0.25, 0.3) is 0 Å². The summed E-state index contributed by atoms with van der Waals surface area (Å²) in [6.45, 7) is 6.28. The highest BCUT2D eigenvalue weighted by Crippen LogP contribution is 2.30. The van der Waals surface area contributed by atoms with Crippen LogP contribution in [-0.4, -0.2) is 9.97 Å². The third-order valence-electron chi connectivity index (χ3n) is 3.30. The number of nitrogen functional groups attached to an aromatic ring is 1. The molecule has 0 fully saturated rings. The molecule has 1 aromatic heterocycles. The molecule has 2 aromatic rings. The first-order chi connectivity index (χ1) is 10.0. The zero-order valence-electron chi connectivity index (χ0n) is 12.4. The van der Waals surface area contributed by atoms with Crippen LogP contribution >= 0.6 is 15.9 Å². The first-order valence-electron chi connectivity index (χ1n) is 6.86. The molecular formula is C15H20BrN5. The van der Waals surface area contributed by atoms with Crippen molar-refractivity contribution in [3.63, 3.8) is 0 Å². The van der Waals surface area contributed by atoms with Crippen molar-refractivity contribution >= 4 is 27.6 Å². The molecular weight excluding hydrogens is 330 g/mol. The Bertz CT molecular complexity index is 615. The van der Waals surface area contributed by atoms with E-state index in [2.05, 4.69) is 69.5 Å². The largest absolute Gasteiger partial charge is 0.363 e. The molecule has 0 aliphatic carbocycles. The number of halogens is 1. The average Bonchev–Trinajstić information content (AvgIpc) is 2.46. The second-order valence-corrected chi connectivity index (χ2v) is 6.12. The fourth-order valence-electron chi connectivity index (χ4n) is 2.24. The zero-order valence-corrected chi connectivity index (χ0v) is 14.0. The number of hydrogen-bond acceptors (Lipinski definition) is 5. The molecule has 1 atom stereocenters. The smallest absolute Gasteiger partial charge is 0.148 e. The lowest BCUT2D eigenvalue weighted by Gasteiger charge is -2.20. The van der Waals surface area contributed by atoms with E-state index in [1.807, 2.05) is 12.1 Å². The predicted molar refractivity (Wildman–Crippen MR) is 90.1 cm³/mol. The average molecular weight is 350 g/mol. The fraction of sp³-hybridized carbons (Fsp3) is 0.333. The first-order valence-corrected chi connectivity index (χ1v) is 7.65. The summed E-state index contributed by atoms with van der Waals surface area (Å²) in [6, 6.07) is 8.34. The van der Waals surface area contributed by atoms with Gasteiger partial charge >= 0.3 is 0 Å². The summed E-state index contributed by atoms with van der Waals surface area (Å²) in [7, 11) is 0. The van der Waals surface area contributed by atoms with Crippen molar-refractivity contribution in [1.29, 1.82) is 0 Å². The lowest BCUT2D eigenvalue weighted by molar-refractivity contribution is 0.819. The predicted octanol–water partition coefficient (Wildman–Crippen LogP) is 3.82. The molecule has 0 bridgehead atoms. The van der Waals surface area contributed by atoms with Crippen molar-refractivity contribution in [2.75, 3.05) is 10.7 Å². The molecule has 0 radical (unpaired) electrons. The highest BCUT2D eigenvalue weighted by atomic mass is 79.9. The molecule has 1 heterocycles. The summed E-state index contributed by atoms with van der Waals surface area (Å²) < 4.78 is 1.06. The number of benzene rings is 1. The van der Waals surface area contributed by atoms with Crippen molar-refractivity contribution < 1.29 is 0 Å². The Morgan fingerprint density at radius 1 is 1.14 bits per heavy atom. The normalized spacial score (nSPS) is 12.3. The Morgan fingerprint density at radius 2 is 1.86 bits per heavy atom. The number of aromatic nitrogens is 2. The van der Waals surface area contributed by atoms with Crippen LogP contribution in [0.4, 0.5) is 11.6 Å². The molecule has 0 aliphatic rings. The number of hydrazine groups is 1. The summed E-state index contributed by atoms with van der Waals surface area (Å²) in [4.78, 5) is 8.55. The minimum atomic E-state index is 0.125. The van der Waals surface area contributed by atoms with Crippen LogP contribution in [-0.2, 0) is 0 Å². The molecule has 0 amide bonds. The Kier molecular flexibility index (Phi) is 5.14. The van der Waals surface area contributed by atoms with Crippen molar-refractivity contribution in [2.24, 2.45) is 5.84 Å². The standard InChI is InChI=1S/C15H20BrN5/c1-9(2)13-14(18-8-19-15(13)21-17)20-10(3)11-5-4-6-12(16)7-11/h4-10H,17H2,1-3H3,(H2,18,19,20,21). The number of nitrogens with two attached hydrogens (primary N) is 1. The molecule has 0 saturated heterocycles. The van der Waals surface area contributed by atoms with Crippen LogP contribution in [0.25, 0.3) is 0 Å². The topological polar surface area (TPSA) is 75.9 Å². The molecule has 6 heteroatoms. The number of nitrogens with one attached hydrogen (secondary N) is 2. The number of nitrogens with zero attached hydrogens (tertiary/aromatic N) is 2. The monoisotopic (exact) mass is 349 g/mol. The number of rotatable bonds is 5. The van der Waals surface area contributed by atoms with Crippen LogP contribution in [0.5, 0.6) is 0 Å². The Morgan fingerprint density at radius 3 is 2.48 bits per heavy atom. The summed E-state index contributed by atoms with van der Waals surface area (Å²) >= 11 is 3.50. The van der Waals surface area contributed by atoms with E-state index in [1.54, 1.807) is 0 Å². The molecule has 4 N–H and O–H groups in total. The van der Waals surface area contributed by atoms with Crippen LogP contribution in [0.3, 0.4) is 0 Å². The molecule has 0 spiro atoms. The molecule has 21 heavy (non-hydrogen) atoms. The fourth-order valence-corrected chi connectivity index (χ4v) is 2.65. The van der Waals surface area contributed by atoms with E-state index in [9.17, 15) is 0 Å². The first kappa shape index (κ1) is 15.7. The lowest BCUT2D eigenvalue weighted by atomic mass is 10.0. The van der Waals surface area contributed by atoms with Gasteiger partial charge < -0.3 is 10.7 Å². The van der Waals surface area contributed by atoms with Crippen LogP contribution in [0.2, 0.25) is 0 Å². The van der Waals surface area contributed by atoms with Gasteiger partial charge in [0.2, 0.25) is 0 Å². The number of hydrogen-bond donors (Lipinski definition) is 3. The van der Waals surface area contributed by atoms with Gasteiger partial charge in [-0.3, -0.25) is 0 Å². The van der Waals surface area contributed by atoms with Crippen LogP contribution < -0.4 is 16.6 Å². The van der Waals surface area contributed by atoms with Crippen LogP contribution in [0.1, 0.15) is 43.9 Å². The quantitative estimate of drug-likeness (QED) is 0.565. The van der Waals surface area contributed by atoms with Crippen molar-refractivity contribution in [3.8, 4) is 0 Å². The summed E-state index contributed by atoms with van der Waals surface area (Å²) in [5.74, 6) is 7.27. The third kappa shape index (κ3) is 3.71. The minimum absolute atomic E-state index is 0.125. The maximum Gasteiger partial charge on any atom is 0.148 e. The molecule has 0 aliphatic heterocycles. The van der Waals surface area contributed by atoms with Crippen molar-refractivity contribution in [1.82, 2.24) is 9.97 Å². The second-order valence-electron chi connectivity index (χ2n) is 5.20. The van der Waals surface area contributed by atoms with Crippen LogP contribution in [0.15, 0.2) is 35.1 Å². The Balaban J connectivity index is 2.31. The maximum atomic E-state index is 5.54. The van der Waals surface area contributed by atoms with Gasteiger partial charge in [0.1, 0.15) is 18.0 Å². The van der Waals surface area contributed by atoms with E-state index in [1.165, 1.54) is 11.9 Å². The van der Waals surface area contributed by atoms with Gasteiger partial charge in [-0.15, -0.1) is 0 Å². The van der Waals surface area contributed by atoms with Gasteiger partial charge in [-0.1, -0.05) is 41.9 Å². The van der Waals surface area contributed by atoms with Crippen LogP contribution in [0, 0.1) is 0 Å². The number of anilines is 2. The van der Waals surface area contributed by atoms with Gasteiger partial charge in [0.05, 0.1) is 0 Å². The SMILES string of the molecule is CC(C)c1c(NN)ncnc1NC(C)c1cccc(Br)c1. The molecule has 5 nitrogen and oxygen atoms in total.